The van der Waals surface area contributed by atoms with Crippen LogP contribution in [0.5, 0.6) is 0 Å². The standard InChI is InChI=1S/C19H20ClNO2/c20-16-8-6-15(7-9-16)19(10-11-19)18(23)21-17(13-22)12-14-4-2-1-3-5-14/h1-9,17,22H,10-13H2,(H,21,23). The van der Waals surface area contributed by atoms with Gasteiger partial charge in [0.2, 0.25) is 5.91 Å². The summed E-state index contributed by atoms with van der Waals surface area (Å²) in [6, 6.07) is 17.1. The average molecular weight is 330 g/mol. The summed E-state index contributed by atoms with van der Waals surface area (Å²) in [5, 5.41) is 13.3. The number of benzene rings is 2. The van der Waals surface area contributed by atoms with E-state index in [9.17, 15) is 9.90 Å². The molecule has 1 atom stereocenters. The Labute approximate surface area is 141 Å². The molecule has 1 unspecified atom stereocenters. The summed E-state index contributed by atoms with van der Waals surface area (Å²) < 4.78 is 0. The zero-order valence-electron chi connectivity index (χ0n) is 12.8. The van der Waals surface area contributed by atoms with Crippen molar-refractivity contribution in [1.82, 2.24) is 5.32 Å². The van der Waals surface area contributed by atoms with Gasteiger partial charge in [-0.2, -0.15) is 0 Å². The molecule has 4 heteroatoms. The molecule has 2 aromatic rings. The maximum atomic E-state index is 12.7. The normalized spacial score (nSPS) is 16.6. The second-order valence-electron chi connectivity index (χ2n) is 6.13. The molecule has 1 fully saturated rings. The summed E-state index contributed by atoms with van der Waals surface area (Å²) >= 11 is 5.93. The minimum absolute atomic E-state index is 0.00481. The highest BCUT2D eigenvalue weighted by molar-refractivity contribution is 6.30. The molecule has 3 nitrogen and oxygen atoms in total. The van der Waals surface area contributed by atoms with Crippen LogP contribution in [0.3, 0.4) is 0 Å². The van der Waals surface area contributed by atoms with Gasteiger partial charge in [0, 0.05) is 5.02 Å². The average Bonchev–Trinajstić information content (AvgIpc) is 3.37. The van der Waals surface area contributed by atoms with E-state index in [0.29, 0.717) is 11.4 Å². The third-order valence-electron chi connectivity index (χ3n) is 4.46. The molecular formula is C19H20ClNO2. The number of carbonyl (C=O) groups is 1. The second-order valence-corrected chi connectivity index (χ2v) is 6.57. The lowest BCUT2D eigenvalue weighted by Gasteiger charge is -2.21. The highest BCUT2D eigenvalue weighted by Gasteiger charge is 2.51. The monoisotopic (exact) mass is 329 g/mol. The first-order chi connectivity index (χ1) is 11.1. The van der Waals surface area contributed by atoms with Crippen LogP contribution in [-0.4, -0.2) is 23.7 Å². The number of carbonyl (C=O) groups excluding carboxylic acids is 1. The van der Waals surface area contributed by atoms with Crippen molar-refractivity contribution in [1.29, 1.82) is 0 Å². The molecule has 1 aliphatic carbocycles. The van der Waals surface area contributed by atoms with Gasteiger partial charge in [-0.05, 0) is 42.5 Å². The predicted molar refractivity (Wildman–Crippen MR) is 91.5 cm³/mol. The summed E-state index contributed by atoms with van der Waals surface area (Å²) in [6.07, 6.45) is 2.30. The van der Waals surface area contributed by atoms with Gasteiger partial charge < -0.3 is 10.4 Å². The van der Waals surface area contributed by atoms with Crippen molar-refractivity contribution in [2.75, 3.05) is 6.61 Å². The first-order valence-electron chi connectivity index (χ1n) is 7.86. The van der Waals surface area contributed by atoms with Gasteiger partial charge in [-0.15, -0.1) is 0 Å². The van der Waals surface area contributed by atoms with Crippen molar-refractivity contribution < 1.29 is 9.90 Å². The van der Waals surface area contributed by atoms with Crippen LogP contribution >= 0.6 is 11.6 Å². The van der Waals surface area contributed by atoms with Crippen LogP contribution in [-0.2, 0) is 16.6 Å². The van der Waals surface area contributed by atoms with Crippen LogP contribution in [0.4, 0.5) is 0 Å². The first-order valence-corrected chi connectivity index (χ1v) is 8.24. The van der Waals surface area contributed by atoms with E-state index >= 15 is 0 Å². The van der Waals surface area contributed by atoms with Crippen molar-refractivity contribution in [3.8, 4) is 0 Å². The van der Waals surface area contributed by atoms with E-state index in [1.165, 1.54) is 0 Å². The topological polar surface area (TPSA) is 49.3 Å². The van der Waals surface area contributed by atoms with E-state index < -0.39 is 5.41 Å². The summed E-state index contributed by atoms with van der Waals surface area (Å²) in [5.41, 5.74) is 1.65. The quantitative estimate of drug-likeness (QED) is 0.855. The fraction of sp³-hybridized carbons (Fsp3) is 0.316. The minimum Gasteiger partial charge on any atom is -0.394 e. The Hall–Kier alpha value is -1.84. The zero-order valence-corrected chi connectivity index (χ0v) is 13.6. The number of aliphatic hydroxyl groups excluding tert-OH is 1. The van der Waals surface area contributed by atoms with Crippen LogP contribution in [0.2, 0.25) is 5.02 Å². The maximum Gasteiger partial charge on any atom is 0.230 e. The van der Waals surface area contributed by atoms with E-state index in [1.54, 1.807) is 0 Å². The van der Waals surface area contributed by atoms with Gasteiger partial charge in [-0.1, -0.05) is 54.1 Å². The largest absolute Gasteiger partial charge is 0.394 e. The number of nitrogens with one attached hydrogen (secondary N) is 1. The number of rotatable bonds is 6. The van der Waals surface area contributed by atoms with Gasteiger partial charge in [0.1, 0.15) is 0 Å². The fourth-order valence-electron chi connectivity index (χ4n) is 2.92. The zero-order chi connectivity index (χ0) is 16.3. The Balaban J connectivity index is 1.69. The third kappa shape index (κ3) is 3.57. The van der Waals surface area contributed by atoms with E-state index in [0.717, 1.165) is 24.0 Å². The smallest absolute Gasteiger partial charge is 0.230 e. The fourth-order valence-corrected chi connectivity index (χ4v) is 3.05. The Bertz CT molecular complexity index is 666. The number of hydrogen-bond acceptors (Lipinski definition) is 2. The molecule has 2 N–H and O–H groups in total. The lowest BCUT2D eigenvalue weighted by Crippen LogP contribution is -2.44. The van der Waals surface area contributed by atoms with Gasteiger partial charge in [0.15, 0.2) is 0 Å². The van der Waals surface area contributed by atoms with Crippen LogP contribution in [0.25, 0.3) is 0 Å². The van der Waals surface area contributed by atoms with Crippen molar-refractivity contribution in [3.05, 3.63) is 70.7 Å². The second kappa shape index (κ2) is 6.73. The Morgan fingerprint density at radius 1 is 1.13 bits per heavy atom. The number of hydrogen-bond donors (Lipinski definition) is 2. The first kappa shape index (κ1) is 16.0. The minimum atomic E-state index is -0.450. The molecule has 0 bridgehead atoms. The van der Waals surface area contributed by atoms with Crippen LogP contribution in [0, 0.1) is 0 Å². The molecular weight excluding hydrogens is 310 g/mol. The van der Waals surface area contributed by atoms with E-state index in [1.807, 2.05) is 54.6 Å². The predicted octanol–water partition coefficient (Wildman–Crippen LogP) is 3.09. The highest BCUT2D eigenvalue weighted by atomic mass is 35.5. The molecule has 1 amide bonds. The summed E-state index contributed by atoms with van der Waals surface area (Å²) in [6.45, 7) is -0.0721. The Morgan fingerprint density at radius 2 is 1.78 bits per heavy atom. The Morgan fingerprint density at radius 3 is 2.35 bits per heavy atom. The molecule has 3 rings (SSSR count). The molecule has 1 aliphatic rings. The molecule has 0 aliphatic heterocycles. The van der Waals surface area contributed by atoms with Crippen LogP contribution in [0.1, 0.15) is 24.0 Å². The summed E-state index contributed by atoms with van der Waals surface area (Å²) in [5.74, 6) is -0.00481. The van der Waals surface area contributed by atoms with Crippen LogP contribution < -0.4 is 5.32 Å². The van der Waals surface area contributed by atoms with Crippen molar-refractivity contribution >= 4 is 17.5 Å². The molecule has 1 saturated carbocycles. The van der Waals surface area contributed by atoms with E-state index in [2.05, 4.69) is 5.32 Å². The molecule has 120 valence electrons. The van der Waals surface area contributed by atoms with Crippen LogP contribution in [0.15, 0.2) is 54.6 Å². The van der Waals surface area contributed by atoms with Gasteiger partial charge in [-0.3, -0.25) is 4.79 Å². The molecule has 0 saturated heterocycles. The molecule has 2 aromatic carbocycles. The summed E-state index contributed by atoms with van der Waals surface area (Å²) in [4.78, 5) is 12.7. The SMILES string of the molecule is O=C(NC(CO)Cc1ccccc1)C1(c2ccc(Cl)cc2)CC1. The van der Waals surface area contributed by atoms with Crippen molar-refractivity contribution in [2.45, 2.75) is 30.7 Å². The van der Waals surface area contributed by atoms with Crippen molar-refractivity contribution in [2.24, 2.45) is 0 Å². The Kier molecular flexibility index (Phi) is 4.69. The molecule has 23 heavy (non-hydrogen) atoms. The third-order valence-corrected chi connectivity index (χ3v) is 4.71. The molecule has 0 spiro atoms. The van der Waals surface area contributed by atoms with Gasteiger partial charge in [-0.25, -0.2) is 0 Å². The summed E-state index contributed by atoms with van der Waals surface area (Å²) in [7, 11) is 0. The van der Waals surface area contributed by atoms with Gasteiger partial charge in [0.25, 0.3) is 0 Å². The van der Waals surface area contributed by atoms with E-state index in [-0.39, 0.29) is 18.6 Å². The lowest BCUT2D eigenvalue weighted by atomic mass is 9.94. The highest BCUT2D eigenvalue weighted by Crippen LogP contribution is 2.48. The molecule has 0 radical (unpaired) electrons. The lowest BCUT2D eigenvalue weighted by molar-refractivity contribution is -0.124. The van der Waals surface area contributed by atoms with Gasteiger partial charge >= 0.3 is 0 Å². The number of amides is 1. The van der Waals surface area contributed by atoms with Crippen molar-refractivity contribution in [3.63, 3.8) is 0 Å². The number of halogens is 1. The van der Waals surface area contributed by atoms with E-state index in [4.69, 9.17) is 11.6 Å². The molecule has 0 heterocycles. The maximum absolute atomic E-state index is 12.7. The molecule has 0 aromatic heterocycles. The number of aliphatic hydroxyl groups is 1. The van der Waals surface area contributed by atoms with Gasteiger partial charge in [0.05, 0.1) is 18.1 Å².